The quantitative estimate of drug-likeness (QED) is 0.611. The molecular formula is C17H23N5O3. The molecule has 1 saturated heterocycles. The fourth-order valence-corrected chi connectivity index (χ4v) is 3.32. The van der Waals surface area contributed by atoms with Gasteiger partial charge in [0.1, 0.15) is 11.4 Å². The van der Waals surface area contributed by atoms with Crippen LogP contribution in [0.1, 0.15) is 12.6 Å². The molecule has 8 nitrogen and oxygen atoms in total. The van der Waals surface area contributed by atoms with Crippen molar-refractivity contribution in [2.75, 3.05) is 43.1 Å². The van der Waals surface area contributed by atoms with Crippen molar-refractivity contribution < 1.29 is 9.66 Å². The molecule has 0 bridgehead atoms. The summed E-state index contributed by atoms with van der Waals surface area (Å²) in [6.07, 6.45) is 0.550. The van der Waals surface area contributed by atoms with Crippen LogP contribution in [0.15, 0.2) is 24.3 Å². The molecule has 1 aromatic heterocycles. The Morgan fingerprint density at radius 2 is 1.92 bits per heavy atom. The van der Waals surface area contributed by atoms with Crippen LogP contribution in [0, 0.1) is 10.1 Å². The zero-order chi connectivity index (χ0) is 18.0. The number of anilines is 2. The van der Waals surface area contributed by atoms with Crippen LogP contribution in [-0.2, 0) is 13.5 Å². The first-order valence-corrected chi connectivity index (χ1v) is 8.39. The Bertz CT molecular complexity index is 766. The Morgan fingerprint density at radius 3 is 2.52 bits per heavy atom. The largest absolute Gasteiger partial charge is 0.497 e. The van der Waals surface area contributed by atoms with Crippen LogP contribution in [0.25, 0.3) is 0 Å². The van der Waals surface area contributed by atoms with Gasteiger partial charge in [-0.25, -0.2) is 4.68 Å². The van der Waals surface area contributed by atoms with Crippen molar-refractivity contribution in [2.45, 2.75) is 13.3 Å². The fraction of sp³-hybridized carbons (Fsp3) is 0.471. The Morgan fingerprint density at radius 1 is 1.24 bits per heavy atom. The summed E-state index contributed by atoms with van der Waals surface area (Å²) in [7, 11) is 3.43. The zero-order valence-electron chi connectivity index (χ0n) is 14.8. The zero-order valence-corrected chi connectivity index (χ0v) is 14.8. The second-order valence-corrected chi connectivity index (χ2v) is 6.03. The molecule has 0 N–H and O–H groups in total. The van der Waals surface area contributed by atoms with Gasteiger partial charge in [-0.1, -0.05) is 13.0 Å². The number of benzene rings is 1. The lowest BCUT2D eigenvalue weighted by atomic mass is 10.2. The van der Waals surface area contributed by atoms with Gasteiger partial charge < -0.3 is 14.5 Å². The average Bonchev–Trinajstić information content (AvgIpc) is 2.98. The number of nitrogens with zero attached hydrogens (tertiary/aromatic N) is 5. The lowest BCUT2D eigenvalue weighted by Gasteiger charge is -2.36. The number of aromatic nitrogens is 2. The number of aryl methyl sites for hydroxylation is 2. The van der Waals surface area contributed by atoms with Gasteiger partial charge in [-0.3, -0.25) is 10.1 Å². The maximum absolute atomic E-state index is 11.5. The van der Waals surface area contributed by atoms with Gasteiger partial charge in [-0.15, -0.1) is 0 Å². The summed E-state index contributed by atoms with van der Waals surface area (Å²) in [6, 6.07) is 7.96. The molecule has 1 aromatic carbocycles. The lowest BCUT2D eigenvalue weighted by molar-refractivity contribution is -0.384. The van der Waals surface area contributed by atoms with Crippen molar-refractivity contribution in [1.82, 2.24) is 9.78 Å². The summed E-state index contributed by atoms with van der Waals surface area (Å²) in [5.41, 5.74) is 1.78. The number of rotatable bonds is 5. The maximum atomic E-state index is 11.5. The second kappa shape index (κ2) is 7.00. The van der Waals surface area contributed by atoms with E-state index in [2.05, 4.69) is 21.0 Å². The average molecular weight is 345 g/mol. The Hall–Kier alpha value is -2.77. The van der Waals surface area contributed by atoms with E-state index in [0.717, 1.165) is 24.5 Å². The Labute approximate surface area is 146 Å². The van der Waals surface area contributed by atoms with E-state index in [1.54, 1.807) is 18.8 Å². The van der Waals surface area contributed by atoms with Crippen LogP contribution >= 0.6 is 0 Å². The van der Waals surface area contributed by atoms with E-state index in [9.17, 15) is 10.1 Å². The third-order valence-electron chi connectivity index (χ3n) is 4.58. The fourth-order valence-electron chi connectivity index (χ4n) is 3.32. The van der Waals surface area contributed by atoms with Gasteiger partial charge in [0.25, 0.3) is 0 Å². The number of piperazine rings is 1. The number of methoxy groups -OCH3 is 1. The van der Waals surface area contributed by atoms with Crippen LogP contribution in [0.4, 0.5) is 17.2 Å². The highest BCUT2D eigenvalue weighted by Crippen LogP contribution is 2.33. The van der Waals surface area contributed by atoms with Crippen molar-refractivity contribution in [1.29, 1.82) is 0 Å². The summed E-state index contributed by atoms with van der Waals surface area (Å²) in [6.45, 7) is 4.88. The van der Waals surface area contributed by atoms with Crippen molar-refractivity contribution >= 4 is 17.2 Å². The van der Waals surface area contributed by atoms with Gasteiger partial charge in [0.15, 0.2) is 0 Å². The molecule has 2 heterocycles. The standard InChI is InChI=1S/C17H23N5O3/c1-4-15-16(22(23)24)17(19(2)18-15)21-10-8-20(9-11-21)13-6-5-7-14(12-13)25-3/h5-7,12H,4,8-11H2,1-3H3. The van der Waals surface area contributed by atoms with Gasteiger partial charge >= 0.3 is 5.69 Å². The van der Waals surface area contributed by atoms with Crippen molar-refractivity contribution in [2.24, 2.45) is 7.05 Å². The summed E-state index contributed by atoms with van der Waals surface area (Å²) < 4.78 is 6.92. The molecule has 0 saturated carbocycles. The summed E-state index contributed by atoms with van der Waals surface area (Å²) >= 11 is 0. The first-order valence-electron chi connectivity index (χ1n) is 8.39. The first-order chi connectivity index (χ1) is 12.0. The number of nitro groups is 1. The van der Waals surface area contributed by atoms with Crippen LogP contribution in [0.5, 0.6) is 5.75 Å². The van der Waals surface area contributed by atoms with Gasteiger partial charge in [0.2, 0.25) is 5.82 Å². The van der Waals surface area contributed by atoms with Crippen LogP contribution in [0.2, 0.25) is 0 Å². The topological polar surface area (TPSA) is 76.7 Å². The third kappa shape index (κ3) is 3.24. The molecule has 1 fully saturated rings. The molecular weight excluding hydrogens is 322 g/mol. The number of hydrogen-bond donors (Lipinski definition) is 0. The van der Waals surface area contributed by atoms with Crippen LogP contribution in [0.3, 0.4) is 0 Å². The van der Waals surface area contributed by atoms with E-state index in [1.165, 1.54) is 0 Å². The minimum absolute atomic E-state index is 0.139. The monoisotopic (exact) mass is 345 g/mol. The van der Waals surface area contributed by atoms with Crippen molar-refractivity contribution in [3.8, 4) is 5.75 Å². The molecule has 8 heteroatoms. The highest BCUT2D eigenvalue weighted by atomic mass is 16.6. The number of ether oxygens (including phenoxy) is 1. The van der Waals surface area contributed by atoms with E-state index in [1.807, 2.05) is 25.1 Å². The van der Waals surface area contributed by atoms with E-state index >= 15 is 0 Å². The van der Waals surface area contributed by atoms with Gasteiger partial charge in [-0.2, -0.15) is 5.10 Å². The predicted octanol–water partition coefficient (Wildman–Crippen LogP) is 2.23. The van der Waals surface area contributed by atoms with Gasteiger partial charge in [0, 0.05) is 45.0 Å². The smallest absolute Gasteiger partial charge is 0.334 e. The SMILES string of the molecule is CCc1nn(C)c(N2CCN(c3cccc(OC)c3)CC2)c1[N+](=O)[O-]. The Kier molecular flexibility index (Phi) is 4.78. The maximum Gasteiger partial charge on any atom is 0.334 e. The molecule has 0 aliphatic carbocycles. The van der Waals surface area contributed by atoms with E-state index in [4.69, 9.17) is 4.74 Å². The summed E-state index contributed by atoms with van der Waals surface area (Å²) in [5.74, 6) is 1.43. The predicted molar refractivity (Wildman–Crippen MR) is 96.7 cm³/mol. The normalized spacial score (nSPS) is 14.7. The van der Waals surface area contributed by atoms with Crippen molar-refractivity contribution in [3.63, 3.8) is 0 Å². The van der Waals surface area contributed by atoms with Crippen LogP contribution < -0.4 is 14.5 Å². The number of hydrogen-bond acceptors (Lipinski definition) is 6. The molecule has 0 atom stereocenters. The summed E-state index contributed by atoms with van der Waals surface area (Å²) in [4.78, 5) is 15.5. The van der Waals surface area contributed by atoms with Gasteiger partial charge in [-0.05, 0) is 18.6 Å². The molecule has 1 aliphatic rings. The molecule has 0 radical (unpaired) electrons. The van der Waals surface area contributed by atoms with E-state index in [0.29, 0.717) is 31.0 Å². The molecule has 134 valence electrons. The highest BCUT2D eigenvalue weighted by Gasteiger charge is 2.31. The molecule has 25 heavy (non-hydrogen) atoms. The van der Waals surface area contributed by atoms with E-state index in [-0.39, 0.29) is 10.6 Å². The minimum Gasteiger partial charge on any atom is -0.497 e. The molecule has 0 spiro atoms. The molecule has 1 aliphatic heterocycles. The molecule has 0 amide bonds. The lowest BCUT2D eigenvalue weighted by Crippen LogP contribution is -2.47. The van der Waals surface area contributed by atoms with Crippen molar-refractivity contribution in [3.05, 3.63) is 40.1 Å². The second-order valence-electron chi connectivity index (χ2n) is 6.03. The minimum atomic E-state index is -0.310. The highest BCUT2D eigenvalue weighted by molar-refractivity contribution is 5.63. The molecule has 0 unspecified atom stereocenters. The van der Waals surface area contributed by atoms with E-state index < -0.39 is 0 Å². The Balaban J connectivity index is 1.79. The summed E-state index contributed by atoms with van der Waals surface area (Å²) in [5, 5.41) is 15.8. The van der Waals surface area contributed by atoms with Gasteiger partial charge in [0.05, 0.1) is 12.0 Å². The molecule has 2 aromatic rings. The third-order valence-corrected chi connectivity index (χ3v) is 4.58. The first kappa shape index (κ1) is 17.1. The van der Waals surface area contributed by atoms with Crippen LogP contribution in [-0.4, -0.2) is 48.0 Å². The molecule has 3 rings (SSSR count).